The molecule has 0 saturated heterocycles. The molecule has 0 aromatic heterocycles. The van der Waals surface area contributed by atoms with E-state index in [0.717, 1.165) is 24.8 Å². The van der Waals surface area contributed by atoms with Crippen molar-refractivity contribution in [3.8, 4) is 23.0 Å². The van der Waals surface area contributed by atoms with Crippen LogP contribution in [0.25, 0.3) is 11.1 Å². The summed E-state index contributed by atoms with van der Waals surface area (Å²) in [6, 6.07) is 13.9. The fraction of sp³-hybridized carbons (Fsp3) is 0.200. The number of anilines is 1. The zero-order valence-corrected chi connectivity index (χ0v) is 16.8. The van der Waals surface area contributed by atoms with Gasteiger partial charge in [0.05, 0.1) is 5.56 Å². The predicted octanol–water partition coefficient (Wildman–Crippen LogP) is 6.69. The molecule has 3 aromatic rings. The van der Waals surface area contributed by atoms with E-state index in [-0.39, 0.29) is 5.56 Å². The van der Waals surface area contributed by atoms with E-state index >= 15 is 0 Å². The van der Waals surface area contributed by atoms with Crippen LogP contribution in [0.4, 0.5) is 23.2 Å². The topological polar surface area (TPSA) is 12.0 Å². The fourth-order valence-electron chi connectivity index (χ4n) is 3.10. The normalized spacial score (nSPS) is 10.5. The van der Waals surface area contributed by atoms with Crippen LogP contribution in [-0.2, 0) is 6.42 Å². The van der Waals surface area contributed by atoms with E-state index in [1.54, 1.807) is 12.1 Å². The molecule has 0 aliphatic rings. The first-order chi connectivity index (χ1) is 14.5. The number of aryl methyl sites for hydroxylation is 1. The highest BCUT2D eigenvalue weighted by atomic mass is 19.2. The Labute approximate surface area is 173 Å². The van der Waals surface area contributed by atoms with E-state index in [4.69, 9.17) is 0 Å². The number of hydrogen-bond acceptors (Lipinski definition) is 1. The van der Waals surface area contributed by atoms with E-state index in [1.165, 1.54) is 24.7 Å². The SMILES string of the molecule is CCCCc1ccc(C#Cc2ccc(-c3c(F)c(F)c(NC)c(F)c3F)cc2)cc1. The van der Waals surface area contributed by atoms with Crippen LogP contribution in [0, 0.1) is 35.1 Å². The minimum absolute atomic E-state index is 0.0243. The molecule has 154 valence electrons. The largest absolute Gasteiger partial charge is 0.383 e. The van der Waals surface area contributed by atoms with Crippen molar-refractivity contribution in [1.82, 2.24) is 0 Å². The maximum absolute atomic E-state index is 14.3. The lowest BCUT2D eigenvalue weighted by atomic mass is 10.0. The third kappa shape index (κ3) is 4.49. The molecule has 0 bridgehead atoms. The molecule has 0 saturated carbocycles. The van der Waals surface area contributed by atoms with Crippen molar-refractivity contribution in [2.75, 3.05) is 12.4 Å². The summed E-state index contributed by atoms with van der Waals surface area (Å²) in [4.78, 5) is 0. The summed E-state index contributed by atoms with van der Waals surface area (Å²) >= 11 is 0. The van der Waals surface area contributed by atoms with Gasteiger partial charge in [-0.3, -0.25) is 0 Å². The van der Waals surface area contributed by atoms with Crippen LogP contribution in [0.5, 0.6) is 0 Å². The Bertz CT molecular complexity index is 1060. The summed E-state index contributed by atoms with van der Waals surface area (Å²) in [5.41, 5.74) is 1.17. The van der Waals surface area contributed by atoms with Gasteiger partial charge >= 0.3 is 0 Å². The summed E-state index contributed by atoms with van der Waals surface area (Å²) in [5, 5.41) is 2.13. The second kappa shape index (κ2) is 9.49. The first-order valence-electron chi connectivity index (χ1n) is 9.71. The van der Waals surface area contributed by atoms with E-state index in [9.17, 15) is 17.6 Å². The van der Waals surface area contributed by atoms with Crippen molar-refractivity contribution in [2.45, 2.75) is 26.2 Å². The van der Waals surface area contributed by atoms with E-state index < -0.39 is 34.5 Å². The highest BCUT2D eigenvalue weighted by Gasteiger charge is 2.25. The van der Waals surface area contributed by atoms with Gasteiger partial charge in [0, 0.05) is 18.2 Å². The highest BCUT2D eigenvalue weighted by molar-refractivity contribution is 5.69. The molecule has 3 aromatic carbocycles. The minimum atomic E-state index is -1.46. The van der Waals surface area contributed by atoms with Crippen LogP contribution in [0.1, 0.15) is 36.5 Å². The third-order valence-electron chi connectivity index (χ3n) is 4.81. The summed E-state index contributed by atoms with van der Waals surface area (Å²) < 4.78 is 56.6. The standard InChI is InChI=1S/C25H21F4N/c1-3-4-5-16-6-8-17(9-7-16)10-11-18-12-14-19(15-13-18)20-21(26)23(28)25(30-2)24(29)22(20)27/h6-9,12-15,30H,3-5H2,1-2H3. The molecule has 1 N–H and O–H groups in total. The quantitative estimate of drug-likeness (QED) is 0.280. The van der Waals surface area contributed by atoms with Crippen LogP contribution in [-0.4, -0.2) is 7.05 Å². The van der Waals surface area contributed by atoms with Gasteiger partial charge < -0.3 is 5.32 Å². The van der Waals surface area contributed by atoms with Gasteiger partial charge in [-0.25, -0.2) is 17.6 Å². The van der Waals surface area contributed by atoms with Gasteiger partial charge in [0.2, 0.25) is 0 Å². The molecule has 1 nitrogen and oxygen atoms in total. The maximum atomic E-state index is 14.3. The molecule has 30 heavy (non-hydrogen) atoms. The van der Waals surface area contributed by atoms with Gasteiger partial charge in [-0.15, -0.1) is 0 Å². The van der Waals surface area contributed by atoms with Gasteiger partial charge in [0.15, 0.2) is 23.3 Å². The molecule has 0 atom stereocenters. The highest BCUT2D eigenvalue weighted by Crippen LogP contribution is 2.34. The smallest absolute Gasteiger partial charge is 0.185 e. The van der Waals surface area contributed by atoms with Crippen molar-refractivity contribution in [3.05, 3.63) is 88.5 Å². The van der Waals surface area contributed by atoms with Crippen molar-refractivity contribution in [3.63, 3.8) is 0 Å². The number of benzene rings is 3. The average Bonchev–Trinajstić information content (AvgIpc) is 2.77. The average molecular weight is 411 g/mol. The molecule has 0 spiro atoms. The van der Waals surface area contributed by atoms with Gasteiger partial charge in [-0.05, 0) is 48.2 Å². The van der Waals surface area contributed by atoms with E-state index in [0.29, 0.717) is 5.56 Å². The Kier molecular flexibility index (Phi) is 6.79. The monoisotopic (exact) mass is 411 g/mol. The summed E-state index contributed by atoms with van der Waals surface area (Å²) in [6.07, 6.45) is 3.32. The molecule has 0 radical (unpaired) electrons. The summed E-state index contributed by atoms with van der Waals surface area (Å²) in [5.74, 6) is 0.201. The lowest BCUT2D eigenvalue weighted by Crippen LogP contribution is -2.05. The lowest BCUT2D eigenvalue weighted by molar-refractivity contribution is 0.463. The van der Waals surface area contributed by atoms with Crippen LogP contribution in [0.2, 0.25) is 0 Å². The fourth-order valence-corrected chi connectivity index (χ4v) is 3.10. The number of hydrogen-bond donors (Lipinski definition) is 1. The summed E-state index contributed by atoms with van der Waals surface area (Å²) in [6.45, 7) is 2.15. The van der Waals surface area contributed by atoms with Gasteiger partial charge in [-0.2, -0.15) is 0 Å². The van der Waals surface area contributed by atoms with Crippen LogP contribution in [0.15, 0.2) is 48.5 Å². The number of unbranched alkanes of at least 4 members (excludes halogenated alkanes) is 1. The van der Waals surface area contributed by atoms with Crippen LogP contribution >= 0.6 is 0 Å². The predicted molar refractivity (Wildman–Crippen MR) is 112 cm³/mol. The molecule has 0 unspecified atom stereocenters. The Morgan fingerprint density at radius 1 is 0.733 bits per heavy atom. The third-order valence-corrected chi connectivity index (χ3v) is 4.81. The molecule has 0 fully saturated rings. The van der Waals surface area contributed by atoms with Crippen molar-refractivity contribution in [1.29, 1.82) is 0 Å². The number of rotatable bonds is 5. The molecule has 0 heterocycles. The summed E-state index contributed by atoms with van der Waals surface area (Å²) in [7, 11) is 1.19. The molecule has 0 amide bonds. The molecular formula is C25H21F4N. The van der Waals surface area contributed by atoms with E-state index in [1.807, 2.05) is 24.3 Å². The lowest BCUT2D eigenvalue weighted by Gasteiger charge is -2.11. The zero-order valence-electron chi connectivity index (χ0n) is 16.8. The Balaban J connectivity index is 1.84. The van der Waals surface area contributed by atoms with Crippen LogP contribution in [0.3, 0.4) is 0 Å². The molecule has 0 aliphatic carbocycles. The van der Waals surface area contributed by atoms with E-state index in [2.05, 4.69) is 24.1 Å². The van der Waals surface area contributed by atoms with Crippen molar-refractivity contribution < 1.29 is 17.6 Å². The first kappa shape index (κ1) is 21.4. The van der Waals surface area contributed by atoms with Crippen molar-refractivity contribution in [2.24, 2.45) is 0 Å². The molecule has 5 heteroatoms. The molecular weight excluding hydrogens is 390 g/mol. The Morgan fingerprint density at radius 3 is 1.70 bits per heavy atom. The number of halogens is 4. The first-order valence-corrected chi connectivity index (χ1v) is 9.71. The second-order valence-electron chi connectivity index (χ2n) is 6.88. The molecule has 3 rings (SSSR count). The van der Waals surface area contributed by atoms with Gasteiger partial charge in [0.25, 0.3) is 0 Å². The van der Waals surface area contributed by atoms with Crippen LogP contribution < -0.4 is 5.32 Å². The number of nitrogens with one attached hydrogen (secondary N) is 1. The molecule has 0 aliphatic heterocycles. The second-order valence-corrected chi connectivity index (χ2v) is 6.88. The van der Waals surface area contributed by atoms with Gasteiger partial charge in [-0.1, -0.05) is 49.5 Å². The Morgan fingerprint density at radius 2 is 1.23 bits per heavy atom. The zero-order chi connectivity index (χ0) is 21.7. The Hall–Kier alpha value is -3.26. The van der Waals surface area contributed by atoms with Crippen molar-refractivity contribution >= 4 is 5.69 Å². The maximum Gasteiger partial charge on any atom is 0.185 e. The minimum Gasteiger partial charge on any atom is -0.383 e. The van der Waals surface area contributed by atoms with Gasteiger partial charge in [0.1, 0.15) is 5.69 Å².